The van der Waals surface area contributed by atoms with Gasteiger partial charge in [-0.1, -0.05) is 0 Å². The topological polar surface area (TPSA) is 158 Å². The summed E-state index contributed by atoms with van der Waals surface area (Å²) in [6, 6.07) is 0. The lowest BCUT2D eigenvalue weighted by Crippen LogP contribution is -2.69. The third-order valence-corrected chi connectivity index (χ3v) is 5.97. The maximum absolute atomic E-state index is 13.2. The molecule has 12 heteroatoms. The molecular weight excluding hydrogens is 552 g/mol. The second-order valence-electron chi connectivity index (χ2n) is 14.6. The van der Waals surface area contributed by atoms with Crippen molar-refractivity contribution in [3.8, 4) is 0 Å². The second-order valence-corrected chi connectivity index (χ2v) is 14.6. The summed E-state index contributed by atoms with van der Waals surface area (Å²) in [5.74, 6) is -4.85. The monoisotopic (exact) mass is 600 g/mol. The Balaban J connectivity index is 4.08. The van der Waals surface area contributed by atoms with Gasteiger partial charge in [0.05, 0.1) is 21.7 Å². The number of hydrogen-bond acceptors (Lipinski definition) is 12. The molecule has 42 heavy (non-hydrogen) atoms. The highest BCUT2D eigenvalue weighted by Crippen LogP contribution is 2.38. The zero-order valence-electron chi connectivity index (χ0n) is 27.4. The molecule has 1 aliphatic carbocycles. The summed E-state index contributed by atoms with van der Waals surface area (Å²) >= 11 is 0. The smallest absolute Gasteiger partial charge is 0.311 e. The molecule has 0 spiro atoms. The van der Waals surface area contributed by atoms with Crippen molar-refractivity contribution in [3.63, 3.8) is 0 Å². The molecule has 6 atom stereocenters. The van der Waals surface area contributed by atoms with Crippen molar-refractivity contribution in [1.29, 1.82) is 0 Å². The number of esters is 6. The van der Waals surface area contributed by atoms with Crippen molar-refractivity contribution in [2.75, 3.05) is 0 Å². The molecule has 0 saturated heterocycles. The van der Waals surface area contributed by atoms with Crippen LogP contribution in [-0.2, 0) is 57.2 Å². The van der Waals surface area contributed by atoms with Crippen LogP contribution in [0.4, 0.5) is 0 Å². The minimum Gasteiger partial charge on any atom is -0.454 e. The number of carbonyl (C=O) groups excluding carboxylic acids is 6. The third-order valence-electron chi connectivity index (χ3n) is 5.97. The van der Waals surface area contributed by atoms with Crippen molar-refractivity contribution < 1.29 is 57.2 Å². The first-order chi connectivity index (χ1) is 18.7. The van der Waals surface area contributed by atoms with Crippen LogP contribution in [0.15, 0.2) is 0 Å². The summed E-state index contributed by atoms with van der Waals surface area (Å²) in [5.41, 5.74) is -4.32. The van der Waals surface area contributed by atoms with Gasteiger partial charge in [0.2, 0.25) is 0 Å². The molecule has 0 radical (unpaired) electrons. The van der Waals surface area contributed by atoms with Crippen LogP contribution >= 0.6 is 0 Å². The van der Waals surface area contributed by atoms with E-state index in [9.17, 15) is 28.8 Å². The van der Waals surface area contributed by atoms with Gasteiger partial charge in [0.1, 0.15) is 0 Å². The van der Waals surface area contributed by atoms with E-state index in [2.05, 4.69) is 0 Å². The summed E-state index contributed by atoms with van der Waals surface area (Å²) < 4.78 is 34.4. The minimum atomic E-state index is -1.64. The fraction of sp³-hybridized carbons (Fsp3) is 0.800. The Morgan fingerprint density at radius 3 is 0.595 bits per heavy atom. The van der Waals surface area contributed by atoms with Gasteiger partial charge in [-0.15, -0.1) is 0 Å². The normalized spacial score (nSPS) is 25.0. The molecule has 0 bridgehead atoms. The highest BCUT2D eigenvalue weighted by atomic mass is 16.7. The molecule has 0 N–H and O–H groups in total. The fourth-order valence-corrected chi connectivity index (χ4v) is 3.51. The summed E-state index contributed by atoms with van der Waals surface area (Å²) in [5, 5.41) is 0. The zero-order valence-corrected chi connectivity index (χ0v) is 27.4. The maximum atomic E-state index is 13.2. The Bertz CT molecular complexity index is 896. The van der Waals surface area contributed by atoms with Gasteiger partial charge >= 0.3 is 35.8 Å². The van der Waals surface area contributed by atoms with Crippen LogP contribution < -0.4 is 0 Å². The Morgan fingerprint density at radius 2 is 0.476 bits per heavy atom. The highest BCUT2D eigenvalue weighted by Gasteiger charge is 2.62. The minimum absolute atomic E-state index is 0.783. The molecule has 240 valence electrons. The van der Waals surface area contributed by atoms with Gasteiger partial charge in [0, 0.05) is 13.8 Å². The summed E-state index contributed by atoms with van der Waals surface area (Å²) in [4.78, 5) is 77.6. The predicted molar refractivity (Wildman–Crippen MR) is 148 cm³/mol. The first-order valence-corrected chi connectivity index (χ1v) is 13.9. The Kier molecular flexibility index (Phi) is 11.4. The zero-order chi connectivity index (χ0) is 33.2. The van der Waals surface area contributed by atoms with E-state index in [1.54, 1.807) is 83.1 Å². The Morgan fingerprint density at radius 1 is 0.333 bits per heavy atom. The van der Waals surface area contributed by atoms with E-state index in [1.165, 1.54) is 0 Å². The molecule has 1 rings (SSSR count). The van der Waals surface area contributed by atoms with E-state index >= 15 is 0 Å². The summed E-state index contributed by atoms with van der Waals surface area (Å²) in [6.45, 7) is 21.0. The van der Waals surface area contributed by atoms with Gasteiger partial charge in [-0.2, -0.15) is 0 Å². The lowest BCUT2D eigenvalue weighted by atomic mass is 9.82. The number of carbonyl (C=O) groups is 6. The average molecular weight is 601 g/mol. The van der Waals surface area contributed by atoms with Crippen LogP contribution in [0.25, 0.3) is 0 Å². The quantitative estimate of drug-likeness (QED) is 0.322. The van der Waals surface area contributed by atoms with Gasteiger partial charge in [0.15, 0.2) is 36.6 Å². The van der Waals surface area contributed by atoms with Crippen LogP contribution in [-0.4, -0.2) is 72.4 Å². The van der Waals surface area contributed by atoms with Crippen LogP contribution in [0, 0.1) is 21.7 Å². The van der Waals surface area contributed by atoms with E-state index in [0.717, 1.165) is 13.8 Å². The van der Waals surface area contributed by atoms with E-state index in [0.29, 0.717) is 0 Å². The van der Waals surface area contributed by atoms with Crippen molar-refractivity contribution in [3.05, 3.63) is 0 Å². The molecule has 1 aliphatic rings. The number of rotatable bonds is 6. The third kappa shape index (κ3) is 9.97. The van der Waals surface area contributed by atoms with Crippen LogP contribution in [0.2, 0.25) is 0 Å². The molecule has 0 aromatic heterocycles. The summed E-state index contributed by atoms with van der Waals surface area (Å²) in [6.07, 6.45) is -9.83. The van der Waals surface area contributed by atoms with Crippen molar-refractivity contribution in [2.45, 2.75) is 134 Å². The van der Waals surface area contributed by atoms with Gasteiger partial charge in [-0.3, -0.25) is 28.8 Å². The first kappa shape index (κ1) is 36.8. The van der Waals surface area contributed by atoms with E-state index in [4.69, 9.17) is 28.4 Å². The van der Waals surface area contributed by atoms with Crippen molar-refractivity contribution in [1.82, 2.24) is 0 Å². The fourth-order valence-electron chi connectivity index (χ4n) is 3.51. The van der Waals surface area contributed by atoms with Crippen LogP contribution in [0.1, 0.15) is 96.9 Å². The second kappa shape index (κ2) is 13.0. The van der Waals surface area contributed by atoms with E-state index in [-0.39, 0.29) is 0 Å². The van der Waals surface area contributed by atoms with Crippen LogP contribution in [0.5, 0.6) is 0 Å². The van der Waals surface area contributed by atoms with Gasteiger partial charge < -0.3 is 28.4 Å². The molecule has 0 heterocycles. The Hall–Kier alpha value is -3.18. The molecule has 0 aromatic rings. The SMILES string of the molecule is CC(=O)OC1[C@@H](OC(=O)C(C)(C)C)[C@@H](OC(=O)C(C)(C)C)C(OC(C)=O)[C@H](OC(=O)C(C)(C)C)[C@H]1OC(=O)C(C)(C)C. The molecule has 2 unspecified atom stereocenters. The van der Waals surface area contributed by atoms with Crippen molar-refractivity contribution >= 4 is 35.8 Å². The predicted octanol–water partition coefficient (Wildman–Crippen LogP) is 3.70. The van der Waals surface area contributed by atoms with Gasteiger partial charge in [0.25, 0.3) is 0 Å². The molecule has 0 aromatic carbocycles. The molecule has 1 fully saturated rings. The first-order valence-electron chi connectivity index (χ1n) is 13.9. The lowest BCUT2D eigenvalue weighted by Gasteiger charge is -2.48. The van der Waals surface area contributed by atoms with Gasteiger partial charge in [-0.05, 0) is 83.1 Å². The number of hydrogen-bond donors (Lipinski definition) is 0. The number of ether oxygens (including phenoxy) is 6. The largest absolute Gasteiger partial charge is 0.454 e. The lowest BCUT2D eigenvalue weighted by molar-refractivity contribution is -0.266. The standard InChI is InChI=1S/C30H48O12/c1-15(31)37-17-19(39-23(33)27(3,4)5)21(41-25(35)29(9,10)11)18(38-16(2)32)22(42-26(36)30(12,13)14)20(17)40-24(34)28(6,7)8/h17-22H,1-14H3/t17?,18?,19-,20-,21-,22+/m0/s1. The molecule has 1 saturated carbocycles. The highest BCUT2D eigenvalue weighted by molar-refractivity contribution is 5.78. The average Bonchev–Trinajstić information content (AvgIpc) is 2.76. The van der Waals surface area contributed by atoms with Gasteiger partial charge in [-0.25, -0.2) is 0 Å². The van der Waals surface area contributed by atoms with Crippen molar-refractivity contribution in [2.24, 2.45) is 21.7 Å². The summed E-state index contributed by atoms with van der Waals surface area (Å²) in [7, 11) is 0. The molecule has 0 aliphatic heterocycles. The molecular formula is C30H48O12. The Labute approximate surface area is 248 Å². The molecule has 0 amide bonds. The van der Waals surface area contributed by atoms with E-state index in [1.807, 2.05) is 0 Å². The maximum Gasteiger partial charge on any atom is 0.311 e. The van der Waals surface area contributed by atoms with Crippen LogP contribution in [0.3, 0.4) is 0 Å². The van der Waals surface area contributed by atoms with E-state index < -0.39 is 94.1 Å². The molecule has 12 nitrogen and oxygen atoms in total.